The quantitative estimate of drug-likeness (QED) is 0.549. The Bertz CT molecular complexity index is 1010. The number of piperidine rings is 1. The Morgan fingerprint density at radius 2 is 1.71 bits per heavy atom. The molecule has 3 rings (SSSR count). The number of amides is 2. The molecule has 1 heterocycles. The number of aliphatic hydroxyl groups excluding tert-OH is 2. The first-order chi connectivity index (χ1) is 16.3. The van der Waals surface area contributed by atoms with E-state index in [1.54, 1.807) is 6.07 Å². The first-order valence-electron chi connectivity index (χ1n) is 11.5. The molecule has 0 radical (unpaired) electrons. The highest BCUT2D eigenvalue weighted by molar-refractivity contribution is 5.90. The van der Waals surface area contributed by atoms with E-state index in [4.69, 9.17) is 0 Å². The van der Waals surface area contributed by atoms with Crippen molar-refractivity contribution in [3.63, 3.8) is 0 Å². The van der Waals surface area contributed by atoms with Crippen LogP contribution in [0.25, 0.3) is 0 Å². The molecule has 180 valence electrons. The Balaban J connectivity index is 1.47. The van der Waals surface area contributed by atoms with Gasteiger partial charge < -0.3 is 25.3 Å². The van der Waals surface area contributed by atoms with Crippen molar-refractivity contribution in [2.45, 2.75) is 38.0 Å². The molecule has 0 aliphatic carbocycles. The highest BCUT2D eigenvalue weighted by Crippen LogP contribution is 2.26. The zero-order valence-electron chi connectivity index (χ0n) is 19.6. The molecule has 34 heavy (non-hydrogen) atoms. The van der Waals surface area contributed by atoms with Crippen LogP contribution in [-0.4, -0.2) is 65.8 Å². The summed E-state index contributed by atoms with van der Waals surface area (Å²) < 4.78 is 0. The largest absolute Gasteiger partial charge is 0.380 e. The van der Waals surface area contributed by atoms with E-state index < -0.39 is 24.0 Å². The van der Waals surface area contributed by atoms with Crippen LogP contribution in [0.2, 0.25) is 0 Å². The number of nitrogens with one attached hydrogen (secondary N) is 1. The summed E-state index contributed by atoms with van der Waals surface area (Å²) in [4.78, 5) is 28.6. The third-order valence-corrected chi connectivity index (χ3v) is 6.58. The zero-order chi connectivity index (χ0) is 24.7. The molecule has 3 N–H and O–H groups in total. The molecular formula is C26H32N4O4. The minimum Gasteiger partial charge on any atom is -0.380 e. The SMILES string of the molecule is C[C@H](c1ccccc1)N(C)C(=O)[C@H](O)C(O)C(=O)NCC1CCN(c2ccccc2C#N)CC1. The average Bonchev–Trinajstić information content (AvgIpc) is 2.90. The van der Waals surface area contributed by atoms with Crippen LogP contribution in [0.1, 0.15) is 36.9 Å². The van der Waals surface area contributed by atoms with Gasteiger partial charge in [0.05, 0.1) is 17.3 Å². The normalized spacial score (nSPS) is 16.7. The number of likely N-dealkylation sites (N-methyl/N-ethyl adjacent to an activating group) is 1. The Hall–Kier alpha value is -3.41. The van der Waals surface area contributed by atoms with Gasteiger partial charge in [-0.2, -0.15) is 5.26 Å². The molecule has 0 aromatic heterocycles. The minimum atomic E-state index is -1.85. The van der Waals surface area contributed by atoms with Gasteiger partial charge in [0.25, 0.3) is 11.8 Å². The third kappa shape index (κ3) is 5.93. The molecule has 0 spiro atoms. The van der Waals surface area contributed by atoms with Crippen molar-refractivity contribution in [2.75, 3.05) is 31.6 Å². The highest BCUT2D eigenvalue weighted by atomic mass is 16.3. The number of benzene rings is 2. The molecule has 1 aliphatic rings. The van der Waals surface area contributed by atoms with E-state index in [0.29, 0.717) is 12.1 Å². The summed E-state index contributed by atoms with van der Waals surface area (Å²) in [5.41, 5.74) is 2.44. The molecular weight excluding hydrogens is 432 g/mol. The number of hydrogen-bond donors (Lipinski definition) is 3. The van der Waals surface area contributed by atoms with Gasteiger partial charge in [0.1, 0.15) is 6.07 Å². The Labute approximate surface area is 200 Å². The number of nitriles is 1. The summed E-state index contributed by atoms with van der Waals surface area (Å²) in [6, 6.07) is 18.7. The van der Waals surface area contributed by atoms with Gasteiger partial charge in [-0.05, 0) is 43.4 Å². The van der Waals surface area contributed by atoms with Crippen LogP contribution < -0.4 is 10.2 Å². The maximum atomic E-state index is 12.6. The van der Waals surface area contributed by atoms with E-state index in [1.807, 2.05) is 55.5 Å². The van der Waals surface area contributed by atoms with Gasteiger partial charge in [0.2, 0.25) is 0 Å². The summed E-state index contributed by atoms with van der Waals surface area (Å²) in [7, 11) is 1.53. The minimum absolute atomic E-state index is 0.204. The first-order valence-corrected chi connectivity index (χ1v) is 11.5. The monoisotopic (exact) mass is 464 g/mol. The Kier molecular flexibility index (Phi) is 8.63. The standard InChI is InChI=1S/C26H32N4O4/c1-18(20-8-4-3-5-9-20)29(2)26(34)24(32)23(31)25(33)28-17-19-12-14-30(15-13-19)22-11-7-6-10-21(22)16-27/h3-11,18-19,23-24,31-32H,12-15,17H2,1-2H3,(H,28,33)/t18-,23?,24-/m1/s1. The molecule has 2 aromatic rings. The van der Waals surface area contributed by atoms with Crippen LogP contribution in [0, 0.1) is 17.2 Å². The van der Waals surface area contributed by atoms with E-state index in [2.05, 4.69) is 16.3 Å². The predicted octanol–water partition coefficient (Wildman–Crippen LogP) is 1.83. The second kappa shape index (κ2) is 11.6. The maximum absolute atomic E-state index is 12.6. The van der Waals surface area contributed by atoms with Crippen molar-refractivity contribution in [2.24, 2.45) is 5.92 Å². The van der Waals surface area contributed by atoms with Crippen molar-refractivity contribution in [1.29, 1.82) is 5.26 Å². The average molecular weight is 465 g/mol. The summed E-state index contributed by atoms with van der Waals surface area (Å²) in [5.74, 6) is -1.28. The molecule has 1 fully saturated rings. The fourth-order valence-electron chi connectivity index (χ4n) is 4.20. The zero-order valence-corrected chi connectivity index (χ0v) is 19.6. The van der Waals surface area contributed by atoms with Crippen molar-refractivity contribution >= 4 is 17.5 Å². The molecule has 8 nitrogen and oxygen atoms in total. The number of rotatable bonds is 8. The number of anilines is 1. The number of aliphatic hydroxyl groups is 2. The molecule has 0 saturated carbocycles. The van der Waals surface area contributed by atoms with Crippen LogP contribution >= 0.6 is 0 Å². The number of carbonyl (C=O) groups excluding carboxylic acids is 2. The second-order valence-corrected chi connectivity index (χ2v) is 8.73. The number of hydrogen-bond acceptors (Lipinski definition) is 6. The van der Waals surface area contributed by atoms with Gasteiger partial charge in [-0.25, -0.2) is 0 Å². The summed E-state index contributed by atoms with van der Waals surface area (Å²) >= 11 is 0. The molecule has 0 bridgehead atoms. The number of carbonyl (C=O) groups is 2. The summed E-state index contributed by atoms with van der Waals surface area (Å²) in [5, 5.41) is 32.6. The highest BCUT2D eigenvalue weighted by Gasteiger charge is 2.34. The van der Waals surface area contributed by atoms with Crippen LogP contribution in [-0.2, 0) is 9.59 Å². The fourth-order valence-corrected chi connectivity index (χ4v) is 4.20. The van der Waals surface area contributed by atoms with Crippen molar-refractivity contribution < 1.29 is 19.8 Å². The fraction of sp³-hybridized carbons (Fsp3) is 0.423. The van der Waals surface area contributed by atoms with Crippen molar-refractivity contribution in [3.05, 3.63) is 65.7 Å². The Morgan fingerprint density at radius 3 is 2.35 bits per heavy atom. The van der Waals surface area contributed by atoms with Gasteiger partial charge in [-0.15, -0.1) is 0 Å². The van der Waals surface area contributed by atoms with E-state index >= 15 is 0 Å². The van der Waals surface area contributed by atoms with Crippen LogP contribution in [0.5, 0.6) is 0 Å². The number of para-hydroxylation sites is 1. The lowest BCUT2D eigenvalue weighted by molar-refractivity contribution is -0.153. The van der Waals surface area contributed by atoms with Gasteiger partial charge in [0, 0.05) is 26.7 Å². The lowest BCUT2D eigenvalue weighted by atomic mass is 9.95. The van der Waals surface area contributed by atoms with Crippen LogP contribution in [0.4, 0.5) is 5.69 Å². The molecule has 2 amide bonds. The smallest absolute Gasteiger partial charge is 0.254 e. The molecule has 1 unspecified atom stereocenters. The van der Waals surface area contributed by atoms with E-state index in [0.717, 1.165) is 37.2 Å². The summed E-state index contributed by atoms with van der Waals surface area (Å²) in [6.45, 7) is 3.67. The topological polar surface area (TPSA) is 117 Å². The van der Waals surface area contributed by atoms with Gasteiger partial charge in [-0.1, -0.05) is 42.5 Å². The van der Waals surface area contributed by atoms with Crippen LogP contribution in [0.3, 0.4) is 0 Å². The van der Waals surface area contributed by atoms with E-state index in [9.17, 15) is 25.1 Å². The lowest BCUT2D eigenvalue weighted by Gasteiger charge is -2.34. The molecule has 1 aliphatic heterocycles. The first kappa shape index (κ1) is 25.2. The van der Waals surface area contributed by atoms with Gasteiger partial charge in [0.15, 0.2) is 12.2 Å². The van der Waals surface area contributed by atoms with E-state index in [1.165, 1.54) is 11.9 Å². The van der Waals surface area contributed by atoms with Gasteiger partial charge >= 0.3 is 0 Å². The molecule has 8 heteroatoms. The third-order valence-electron chi connectivity index (χ3n) is 6.58. The number of nitrogens with zero attached hydrogens (tertiary/aromatic N) is 3. The van der Waals surface area contributed by atoms with Gasteiger partial charge in [-0.3, -0.25) is 9.59 Å². The second-order valence-electron chi connectivity index (χ2n) is 8.73. The van der Waals surface area contributed by atoms with Crippen molar-refractivity contribution in [3.8, 4) is 6.07 Å². The molecule has 1 saturated heterocycles. The molecule has 2 aromatic carbocycles. The van der Waals surface area contributed by atoms with Crippen molar-refractivity contribution in [1.82, 2.24) is 10.2 Å². The lowest BCUT2D eigenvalue weighted by Crippen LogP contribution is -2.51. The molecule has 3 atom stereocenters. The van der Waals surface area contributed by atoms with Crippen LogP contribution in [0.15, 0.2) is 54.6 Å². The summed E-state index contributed by atoms with van der Waals surface area (Å²) in [6.07, 6.45) is -2.06. The van der Waals surface area contributed by atoms with E-state index in [-0.39, 0.29) is 12.0 Å². The maximum Gasteiger partial charge on any atom is 0.254 e. The predicted molar refractivity (Wildman–Crippen MR) is 129 cm³/mol. The Morgan fingerprint density at radius 1 is 1.09 bits per heavy atom.